The summed E-state index contributed by atoms with van der Waals surface area (Å²) < 4.78 is 13.3. The summed E-state index contributed by atoms with van der Waals surface area (Å²) in [6.07, 6.45) is 0.723. The largest absolute Gasteiger partial charge is 0.504 e. The number of rotatable bonds is 4. The Kier molecular flexibility index (Phi) is 4.56. The molecule has 1 aromatic carbocycles. The van der Waals surface area contributed by atoms with Crippen LogP contribution in [0.3, 0.4) is 0 Å². The zero-order valence-corrected chi connectivity index (χ0v) is 21.0. The minimum Gasteiger partial charge on any atom is -0.504 e. The normalized spacial score (nSPS) is 43.8. The van der Waals surface area contributed by atoms with E-state index in [1.54, 1.807) is 27.0 Å². The van der Waals surface area contributed by atoms with Crippen LogP contribution < -0.4 is 4.74 Å². The number of likely N-dealkylation sites (tertiary alicyclic amines) is 1. The molecule has 1 saturated heterocycles. The Morgan fingerprint density at radius 2 is 1.91 bits per heavy atom. The van der Waals surface area contributed by atoms with E-state index in [9.17, 15) is 20.4 Å². The topological polar surface area (TPSA) is 99.4 Å². The number of methoxy groups -OCH3 is 1. The third-order valence-corrected chi connectivity index (χ3v) is 10.7. The van der Waals surface area contributed by atoms with Crippen molar-refractivity contribution in [2.45, 2.75) is 93.8 Å². The second-order valence-corrected chi connectivity index (χ2v) is 12.3. The van der Waals surface area contributed by atoms with E-state index >= 15 is 0 Å². The number of phenolic OH excluding ortho intramolecular Hbond substituents is 1. The number of quaternary nitrogens is 1. The molecule has 8 unspecified atom stereocenters. The first-order chi connectivity index (χ1) is 15.1. The van der Waals surface area contributed by atoms with Gasteiger partial charge in [0.1, 0.15) is 23.9 Å². The molecule has 2 bridgehead atoms. The summed E-state index contributed by atoms with van der Waals surface area (Å²) >= 11 is 0. The summed E-state index contributed by atoms with van der Waals surface area (Å²) in [4.78, 5) is 0. The van der Waals surface area contributed by atoms with Gasteiger partial charge in [-0.05, 0) is 38.3 Å². The third-order valence-electron chi connectivity index (χ3n) is 10.7. The highest BCUT2D eigenvalue weighted by Gasteiger charge is 2.81. The van der Waals surface area contributed by atoms with Crippen molar-refractivity contribution >= 4 is 0 Å². The van der Waals surface area contributed by atoms with Gasteiger partial charge in [0, 0.05) is 30.9 Å². The molecule has 8 atom stereocenters. The molecule has 2 fully saturated rings. The molecule has 1 saturated carbocycles. The van der Waals surface area contributed by atoms with Gasteiger partial charge in [-0.15, -0.1) is 0 Å². The van der Waals surface area contributed by atoms with Crippen LogP contribution in [-0.4, -0.2) is 87.7 Å². The van der Waals surface area contributed by atoms with Gasteiger partial charge in [0.25, 0.3) is 0 Å². The second kappa shape index (κ2) is 6.43. The van der Waals surface area contributed by atoms with Gasteiger partial charge in [-0.2, -0.15) is 0 Å². The zero-order valence-electron chi connectivity index (χ0n) is 21.0. The lowest BCUT2D eigenvalue weighted by atomic mass is 9.41. The number of hydrogen-bond acceptors (Lipinski definition) is 6. The predicted molar refractivity (Wildman–Crippen MR) is 123 cm³/mol. The summed E-state index contributed by atoms with van der Waals surface area (Å²) in [7, 11) is 5.93. The summed E-state index contributed by atoms with van der Waals surface area (Å²) in [6.45, 7) is 7.92. The Hall–Kier alpha value is -1.38. The van der Waals surface area contributed by atoms with Crippen molar-refractivity contribution in [1.29, 1.82) is 0 Å². The Morgan fingerprint density at radius 1 is 1.24 bits per heavy atom. The van der Waals surface area contributed by atoms with Crippen LogP contribution in [-0.2, 0) is 16.6 Å². The molecule has 1 aromatic rings. The van der Waals surface area contributed by atoms with Gasteiger partial charge >= 0.3 is 0 Å². The number of likely N-dealkylation sites (N-methyl/N-ethyl adjacent to an activating group) is 1. The predicted octanol–water partition coefficient (Wildman–Crippen LogP) is 1.86. The number of aromatic hydroxyl groups is 1. The molecule has 7 nitrogen and oxygen atoms in total. The average Bonchev–Trinajstić information content (AvgIpc) is 3.08. The highest BCUT2D eigenvalue weighted by atomic mass is 16.5. The van der Waals surface area contributed by atoms with E-state index in [4.69, 9.17) is 9.47 Å². The van der Waals surface area contributed by atoms with E-state index in [1.165, 1.54) is 0 Å². The fourth-order valence-corrected chi connectivity index (χ4v) is 8.21. The maximum Gasteiger partial charge on any atom is 0.165 e. The fourth-order valence-electron chi connectivity index (χ4n) is 8.21. The molecule has 2 aliphatic carbocycles. The molecule has 2 aliphatic heterocycles. The molecule has 1 spiro atoms. The molecule has 4 N–H and O–H groups in total. The molecule has 33 heavy (non-hydrogen) atoms. The Labute approximate surface area is 196 Å². The molecular formula is C26H40NO6+. The van der Waals surface area contributed by atoms with E-state index in [0.29, 0.717) is 29.5 Å². The lowest BCUT2D eigenvalue weighted by Gasteiger charge is -2.69. The average molecular weight is 463 g/mol. The molecule has 184 valence electrons. The number of hydrogen-bond donors (Lipinski definition) is 4. The van der Waals surface area contributed by atoms with E-state index in [-0.39, 0.29) is 18.2 Å². The van der Waals surface area contributed by atoms with Crippen molar-refractivity contribution in [3.63, 3.8) is 0 Å². The number of nitrogens with zero attached hydrogens (tertiary/aromatic N) is 1. The fraction of sp³-hybridized carbons (Fsp3) is 0.769. The van der Waals surface area contributed by atoms with E-state index in [2.05, 4.69) is 14.1 Å². The third kappa shape index (κ3) is 2.38. The van der Waals surface area contributed by atoms with E-state index in [0.717, 1.165) is 17.7 Å². The Morgan fingerprint density at radius 3 is 2.52 bits per heavy atom. The van der Waals surface area contributed by atoms with Gasteiger partial charge in [-0.25, -0.2) is 0 Å². The van der Waals surface area contributed by atoms with Crippen LogP contribution >= 0.6 is 0 Å². The Bertz CT molecular complexity index is 1000. The summed E-state index contributed by atoms with van der Waals surface area (Å²) in [6, 6.07) is 3.52. The smallest absolute Gasteiger partial charge is 0.165 e. The van der Waals surface area contributed by atoms with Crippen molar-refractivity contribution in [2.75, 3.05) is 27.7 Å². The van der Waals surface area contributed by atoms with Gasteiger partial charge < -0.3 is 34.4 Å². The van der Waals surface area contributed by atoms with Crippen molar-refractivity contribution in [2.24, 2.45) is 5.41 Å². The van der Waals surface area contributed by atoms with Gasteiger partial charge in [0.15, 0.2) is 11.5 Å². The molecule has 7 heteroatoms. The Balaban J connectivity index is 1.81. The summed E-state index contributed by atoms with van der Waals surface area (Å²) in [5, 5.41) is 47.0. The van der Waals surface area contributed by atoms with Crippen LogP contribution in [0.25, 0.3) is 0 Å². The minimum atomic E-state index is -1.58. The molecule has 2 heterocycles. The number of aliphatic hydroxyl groups is 3. The molecule has 5 rings (SSSR count). The number of ether oxygens (including phenoxy) is 2. The van der Waals surface area contributed by atoms with Gasteiger partial charge in [-0.3, -0.25) is 0 Å². The van der Waals surface area contributed by atoms with Crippen LogP contribution in [0.1, 0.15) is 58.1 Å². The minimum absolute atomic E-state index is 0.0709. The zero-order chi connectivity index (χ0) is 24.4. The van der Waals surface area contributed by atoms with Crippen molar-refractivity contribution in [1.82, 2.24) is 0 Å². The molecule has 0 amide bonds. The first-order valence-electron chi connectivity index (χ1n) is 12.2. The van der Waals surface area contributed by atoms with Crippen LogP contribution in [0.15, 0.2) is 12.1 Å². The summed E-state index contributed by atoms with van der Waals surface area (Å²) in [5.41, 5.74) is -3.97. The number of benzene rings is 1. The van der Waals surface area contributed by atoms with E-state index < -0.39 is 39.8 Å². The number of phenols is 1. The van der Waals surface area contributed by atoms with Crippen LogP contribution in [0.5, 0.6) is 11.5 Å². The quantitative estimate of drug-likeness (QED) is 0.510. The molecule has 0 aromatic heterocycles. The van der Waals surface area contributed by atoms with Gasteiger partial charge in [0.05, 0.1) is 37.3 Å². The van der Waals surface area contributed by atoms with Gasteiger partial charge in [-0.1, -0.05) is 19.9 Å². The lowest BCUT2D eigenvalue weighted by Crippen LogP contribution is -2.85. The highest BCUT2D eigenvalue weighted by Crippen LogP contribution is 2.70. The molecular weight excluding hydrogens is 422 g/mol. The summed E-state index contributed by atoms with van der Waals surface area (Å²) in [5.74, 6) is 0.510. The number of piperidine rings is 1. The highest BCUT2D eigenvalue weighted by molar-refractivity contribution is 5.62. The first-order valence-corrected chi connectivity index (χ1v) is 12.2. The lowest BCUT2D eigenvalue weighted by molar-refractivity contribution is -0.932. The van der Waals surface area contributed by atoms with Crippen LogP contribution in [0.2, 0.25) is 0 Å². The second-order valence-electron chi connectivity index (χ2n) is 12.3. The van der Waals surface area contributed by atoms with E-state index in [1.807, 2.05) is 19.9 Å². The van der Waals surface area contributed by atoms with Gasteiger partial charge in [0.2, 0.25) is 0 Å². The standard InChI is InChI=1S/C26H39NO6/c1-8-23(3,29)24(4,30)22(2)14-26(31)17-13-15-9-10-16(28)19-18(15)25(26,11-12-27(17,5)6)21(33-19)20(22)32-7/h9-10,17,20-21,29-31H,8,11-14H2,1-7H3/p+1. The SMILES string of the molecule is CCC(C)(O)C(C)(O)C1(C)CC2(O)C3Cc4ccc(O)c5c4C2(CC[N+]3(C)C)C(O5)C1OC. The first kappa shape index (κ1) is 23.4. The molecule has 0 radical (unpaired) electrons. The monoisotopic (exact) mass is 462 g/mol. The molecule has 4 aliphatic rings. The van der Waals surface area contributed by atoms with Crippen molar-refractivity contribution in [3.8, 4) is 11.5 Å². The maximum absolute atomic E-state index is 12.9. The van der Waals surface area contributed by atoms with Crippen LogP contribution in [0.4, 0.5) is 0 Å². The van der Waals surface area contributed by atoms with Crippen LogP contribution in [0, 0.1) is 5.41 Å². The maximum atomic E-state index is 12.9. The van der Waals surface area contributed by atoms with Crippen molar-refractivity contribution in [3.05, 3.63) is 23.3 Å². The van der Waals surface area contributed by atoms with Crippen molar-refractivity contribution < 1.29 is 34.4 Å².